The van der Waals surface area contributed by atoms with Crippen LogP contribution in [0, 0.1) is 0 Å². The monoisotopic (exact) mass is 376 g/mol. The zero-order valence-corrected chi connectivity index (χ0v) is 16.4. The summed E-state index contributed by atoms with van der Waals surface area (Å²) in [4.78, 5) is 15.0. The van der Waals surface area contributed by atoms with E-state index in [1.54, 1.807) is 6.07 Å². The molecule has 2 aromatic rings. The lowest BCUT2D eigenvalue weighted by molar-refractivity contribution is -0.110. The lowest BCUT2D eigenvalue weighted by Crippen LogP contribution is -2.23. The molecule has 4 rings (SSSR count). The lowest BCUT2D eigenvalue weighted by Gasteiger charge is -2.20. The maximum Gasteiger partial charge on any atom is 0.258 e. The van der Waals surface area contributed by atoms with Crippen LogP contribution in [0.5, 0.6) is 0 Å². The molecule has 5 heteroatoms. The highest BCUT2D eigenvalue weighted by Gasteiger charge is 2.26. The zero-order valence-electron chi connectivity index (χ0n) is 16.4. The van der Waals surface area contributed by atoms with Crippen LogP contribution in [-0.4, -0.2) is 23.9 Å². The van der Waals surface area contributed by atoms with E-state index in [0.717, 1.165) is 29.2 Å². The van der Waals surface area contributed by atoms with E-state index in [0.29, 0.717) is 11.3 Å². The van der Waals surface area contributed by atoms with Crippen molar-refractivity contribution < 1.29 is 4.79 Å². The Hall–Kier alpha value is -2.79. The Morgan fingerprint density at radius 1 is 1.07 bits per heavy atom. The average Bonchev–Trinajstić information content (AvgIpc) is 2.82. The first kappa shape index (κ1) is 18.6. The van der Waals surface area contributed by atoms with E-state index in [-0.39, 0.29) is 5.91 Å². The van der Waals surface area contributed by atoms with E-state index in [1.165, 1.54) is 44.3 Å². The number of anilines is 3. The third-order valence-electron chi connectivity index (χ3n) is 5.55. The molecule has 0 radical (unpaired) electrons. The number of carbonyl (C=O) groups is 1. The first-order chi connectivity index (χ1) is 13.6. The Morgan fingerprint density at radius 2 is 1.79 bits per heavy atom. The van der Waals surface area contributed by atoms with Crippen molar-refractivity contribution >= 4 is 28.5 Å². The minimum atomic E-state index is -0.0941. The molecule has 0 spiro atoms. The second kappa shape index (κ2) is 8.07. The SMILES string of the molecule is C/C(Nc1ccc(CN2CCCCCC2)cc1)=C1/C(=O)Nc2ccc(N)cc21. The summed E-state index contributed by atoms with van der Waals surface area (Å²) in [5.74, 6) is -0.0941. The van der Waals surface area contributed by atoms with Crippen molar-refractivity contribution in [1.82, 2.24) is 4.90 Å². The summed E-state index contributed by atoms with van der Waals surface area (Å²) in [7, 11) is 0. The summed E-state index contributed by atoms with van der Waals surface area (Å²) in [5, 5.41) is 6.28. The summed E-state index contributed by atoms with van der Waals surface area (Å²) < 4.78 is 0. The number of carbonyl (C=O) groups excluding carboxylic acids is 1. The molecule has 2 aromatic carbocycles. The Balaban J connectivity index is 1.48. The van der Waals surface area contributed by atoms with Crippen LogP contribution in [-0.2, 0) is 11.3 Å². The van der Waals surface area contributed by atoms with E-state index in [9.17, 15) is 4.79 Å². The third-order valence-corrected chi connectivity index (χ3v) is 5.55. The first-order valence-corrected chi connectivity index (χ1v) is 10.1. The van der Waals surface area contributed by atoms with Crippen LogP contribution in [0.3, 0.4) is 0 Å². The van der Waals surface area contributed by atoms with Crippen molar-refractivity contribution in [2.75, 3.05) is 29.5 Å². The minimum Gasteiger partial charge on any atom is -0.399 e. The van der Waals surface area contributed by atoms with Crippen molar-refractivity contribution in [2.24, 2.45) is 0 Å². The lowest BCUT2D eigenvalue weighted by atomic mass is 10.0. The van der Waals surface area contributed by atoms with Gasteiger partial charge in [0, 0.05) is 34.9 Å². The van der Waals surface area contributed by atoms with Gasteiger partial charge in [-0.3, -0.25) is 9.69 Å². The number of fused-ring (bicyclic) bond motifs is 1. The van der Waals surface area contributed by atoms with Crippen molar-refractivity contribution in [1.29, 1.82) is 0 Å². The first-order valence-electron chi connectivity index (χ1n) is 10.1. The Morgan fingerprint density at radius 3 is 2.50 bits per heavy atom. The van der Waals surface area contributed by atoms with Gasteiger partial charge in [0.2, 0.25) is 0 Å². The molecular weight excluding hydrogens is 348 g/mol. The molecule has 0 aromatic heterocycles. The van der Waals surface area contributed by atoms with Gasteiger partial charge in [-0.25, -0.2) is 0 Å². The fraction of sp³-hybridized carbons (Fsp3) is 0.348. The van der Waals surface area contributed by atoms with Crippen molar-refractivity contribution in [2.45, 2.75) is 39.2 Å². The van der Waals surface area contributed by atoms with E-state index in [2.05, 4.69) is 39.8 Å². The molecule has 28 heavy (non-hydrogen) atoms. The van der Waals surface area contributed by atoms with E-state index in [1.807, 2.05) is 19.1 Å². The van der Waals surface area contributed by atoms with Gasteiger partial charge in [-0.2, -0.15) is 0 Å². The van der Waals surface area contributed by atoms with Crippen LogP contribution in [0.25, 0.3) is 5.57 Å². The van der Waals surface area contributed by atoms with Gasteiger partial charge in [0.1, 0.15) is 0 Å². The number of hydrogen-bond acceptors (Lipinski definition) is 4. The van der Waals surface area contributed by atoms with Gasteiger partial charge >= 0.3 is 0 Å². The molecule has 0 bridgehead atoms. The fourth-order valence-corrected chi connectivity index (χ4v) is 4.08. The largest absolute Gasteiger partial charge is 0.399 e. The Bertz CT molecular complexity index is 893. The predicted octanol–water partition coefficient (Wildman–Crippen LogP) is 4.44. The maximum absolute atomic E-state index is 12.4. The standard InChI is InChI=1S/C23H28N4O/c1-16(22-20-14-18(24)8-11-21(20)26-23(22)28)25-19-9-6-17(7-10-19)15-27-12-4-2-3-5-13-27/h6-11,14,25H,2-5,12-13,15,24H2,1H3,(H,26,28)/b22-16-. The van der Waals surface area contributed by atoms with Gasteiger partial charge in [-0.05, 0) is 68.8 Å². The minimum absolute atomic E-state index is 0.0941. The number of nitrogens with zero attached hydrogens (tertiary/aromatic N) is 1. The number of amides is 1. The molecule has 0 saturated carbocycles. The molecule has 2 heterocycles. The molecule has 146 valence electrons. The number of nitrogen functional groups attached to an aromatic ring is 1. The molecule has 0 aliphatic carbocycles. The van der Waals surface area contributed by atoms with Gasteiger partial charge in [0.15, 0.2) is 0 Å². The third kappa shape index (κ3) is 4.04. The molecule has 1 saturated heterocycles. The number of allylic oxidation sites excluding steroid dienone is 1. The van der Waals surface area contributed by atoms with Crippen molar-refractivity contribution in [3.8, 4) is 0 Å². The molecule has 0 atom stereocenters. The quantitative estimate of drug-likeness (QED) is 0.545. The van der Waals surface area contributed by atoms with Crippen molar-refractivity contribution in [3.05, 3.63) is 59.3 Å². The van der Waals surface area contributed by atoms with Gasteiger partial charge in [0.05, 0.1) is 5.57 Å². The van der Waals surface area contributed by atoms with Crippen LogP contribution < -0.4 is 16.4 Å². The number of nitrogens with one attached hydrogen (secondary N) is 2. The number of hydrogen-bond donors (Lipinski definition) is 3. The molecule has 4 N–H and O–H groups in total. The number of benzene rings is 2. The number of rotatable bonds is 4. The normalized spacial score (nSPS) is 19.0. The van der Waals surface area contributed by atoms with Crippen LogP contribution in [0.2, 0.25) is 0 Å². The molecule has 2 aliphatic rings. The smallest absolute Gasteiger partial charge is 0.258 e. The molecular formula is C23H28N4O. The van der Waals surface area contributed by atoms with Crippen LogP contribution >= 0.6 is 0 Å². The van der Waals surface area contributed by atoms with Crippen LogP contribution in [0.15, 0.2) is 48.2 Å². The summed E-state index contributed by atoms with van der Waals surface area (Å²) in [5.41, 5.74) is 12.0. The van der Waals surface area contributed by atoms with Crippen molar-refractivity contribution in [3.63, 3.8) is 0 Å². The second-order valence-electron chi connectivity index (χ2n) is 7.77. The predicted molar refractivity (Wildman–Crippen MR) is 116 cm³/mol. The van der Waals surface area contributed by atoms with Crippen LogP contribution in [0.1, 0.15) is 43.7 Å². The summed E-state index contributed by atoms with van der Waals surface area (Å²) in [6, 6.07) is 14.0. The number of nitrogens with two attached hydrogens (primary N) is 1. The molecule has 1 amide bonds. The van der Waals surface area contributed by atoms with E-state index >= 15 is 0 Å². The molecule has 1 fully saturated rings. The average molecular weight is 377 g/mol. The van der Waals surface area contributed by atoms with Gasteiger partial charge in [-0.15, -0.1) is 0 Å². The topological polar surface area (TPSA) is 70.4 Å². The summed E-state index contributed by atoms with van der Waals surface area (Å²) in [6.07, 6.45) is 5.33. The van der Waals surface area contributed by atoms with Crippen LogP contribution in [0.4, 0.5) is 17.1 Å². The fourth-order valence-electron chi connectivity index (χ4n) is 4.08. The highest BCUT2D eigenvalue weighted by atomic mass is 16.2. The van der Waals surface area contributed by atoms with Gasteiger partial charge in [0.25, 0.3) is 5.91 Å². The second-order valence-corrected chi connectivity index (χ2v) is 7.77. The zero-order chi connectivity index (χ0) is 19.5. The summed E-state index contributed by atoms with van der Waals surface area (Å²) >= 11 is 0. The highest BCUT2D eigenvalue weighted by molar-refractivity contribution is 6.32. The maximum atomic E-state index is 12.4. The Kier molecular flexibility index (Phi) is 5.35. The summed E-state index contributed by atoms with van der Waals surface area (Å²) in [6.45, 7) is 5.33. The van der Waals surface area contributed by atoms with E-state index < -0.39 is 0 Å². The van der Waals surface area contributed by atoms with Gasteiger partial charge in [-0.1, -0.05) is 25.0 Å². The molecule has 2 aliphatic heterocycles. The molecule has 5 nitrogen and oxygen atoms in total. The Labute approximate surface area is 166 Å². The molecule has 0 unspecified atom stereocenters. The highest BCUT2D eigenvalue weighted by Crippen LogP contribution is 2.35. The van der Waals surface area contributed by atoms with E-state index in [4.69, 9.17) is 5.73 Å². The van der Waals surface area contributed by atoms with Gasteiger partial charge < -0.3 is 16.4 Å². The number of likely N-dealkylation sites (tertiary alicyclic amines) is 1.